The van der Waals surface area contributed by atoms with Crippen LogP contribution in [-0.4, -0.2) is 0 Å². The van der Waals surface area contributed by atoms with Crippen molar-refractivity contribution < 1.29 is 4.39 Å². The Balaban J connectivity index is 1.99. The van der Waals surface area contributed by atoms with Gasteiger partial charge < -0.3 is 5.73 Å². The molecule has 2 N–H and O–H groups in total. The van der Waals surface area contributed by atoms with Crippen molar-refractivity contribution in [3.8, 4) is 0 Å². The van der Waals surface area contributed by atoms with E-state index >= 15 is 0 Å². The summed E-state index contributed by atoms with van der Waals surface area (Å²) >= 11 is 1.55. The van der Waals surface area contributed by atoms with Gasteiger partial charge in [0.2, 0.25) is 0 Å². The van der Waals surface area contributed by atoms with Crippen molar-refractivity contribution >= 4 is 22.5 Å². The zero-order valence-corrected chi connectivity index (χ0v) is 11.7. The van der Waals surface area contributed by atoms with Crippen LogP contribution in [0.2, 0.25) is 0 Å². The number of hydrogen-bond donors (Lipinski definition) is 1. The molecule has 0 aliphatic rings. The zero-order valence-electron chi connectivity index (χ0n) is 10.8. The Morgan fingerprint density at radius 3 is 2.50 bits per heavy atom. The van der Waals surface area contributed by atoms with Crippen LogP contribution < -0.4 is 5.73 Å². The first kappa shape index (κ1) is 13.2. The van der Waals surface area contributed by atoms with Crippen LogP contribution in [0.25, 0.3) is 10.8 Å². The highest BCUT2D eigenvalue weighted by atomic mass is 32.2. The minimum absolute atomic E-state index is 0.211. The maximum Gasteiger partial charge on any atom is 0.128 e. The summed E-state index contributed by atoms with van der Waals surface area (Å²) in [5.41, 5.74) is 6.22. The monoisotopic (exact) mass is 283 g/mol. The summed E-state index contributed by atoms with van der Waals surface area (Å²) in [6.07, 6.45) is 0. The summed E-state index contributed by atoms with van der Waals surface area (Å²) in [7, 11) is 0. The Kier molecular flexibility index (Phi) is 3.72. The first-order valence-corrected chi connectivity index (χ1v) is 7.23. The Hall–Kier alpha value is -1.84. The second kappa shape index (κ2) is 5.65. The van der Waals surface area contributed by atoms with Crippen LogP contribution in [0.4, 0.5) is 4.39 Å². The Labute approximate surface area is 121 Å². The van der Waals surface area contributed by atoms with E-state index in [-0.39, 0.29) is 12.4 Å². The fourth-order valence-electron chi connectivity index (χ4n) is 2.19. The summed E-state index contributed by atoms with van der Waals surface area (Å²) in [6, 6.07) is 19.5. The molecule has 0 saturated carbocycles. The largest absolute Gasteiger partial charge is 0.326 e. The van der Waals surface area contributed by atoms with Crippen molar-refractivity contribution in [2.45, 2.75) is 16.3 Å². The van der Waals surface area contributed by atoms with Gasteiger partial charge in [-0.2, -0.15) is 0 Å². The van der Waals surface area contributed by atoms with Gasteiger partial charge in [0.15, 0.2) is 0 Å². The van der Waals surface area contributed by atoms with Gasteiger partial charge in [-0.1, -0.05) is 48.2 Å². The highest BCUT2D eigenvalue weighted by Crippen LogP contribution is 2.33. The van der Waals surface area contributed by atoms with E-state index in [2.05, 4.69) is 30.3 Å². The number of fused-ring (bicyclic) bond motifs is 1. The van der Waals surface area contributed by atoms with Crippen LogP contribution >= 0.6 is 11.8 Å². The van der Waals surface area contributed by atoms with Gasteiger partial charge in [-0.25, -0.2) is 4.39 Å². The van der Waals surface area contributed by atoms with E-state index in [0.717, 1.165) is 9.79 Å². The van der Waals surface area contributed by atoms with E-state index in [9.17, 15) is 4.39 Å². The molecule has 0 spiro atoms. The lowest BCUT2D eigenvalue weighted by molar-refractivity contribution is 0.604. The number of rotatable bonds is 3. The van der Waals surface area contributed by atoms with E-state index in [1.165, 1.54) is 16.8 Å². The van der Waals surface area contributed by atoms with Crippen LogP contribution in [0, 0.1) is 5.82 Å². The Bertz CT molecular complexity index is 755. The third-order valence-corrected chi connectivity index (χ3v) is 4.32. The maximum absolute atomic E-state index is 13.7. The molecule has 1 nitrogen and oxygen atoms in total. The summed E-state index contributed by atoms with van der Waals surface area (Å²) in [5.74, 6) is -0.238. The predicted molar refractivity (Wildman–Crippen MR) is 82.4 cm³/mol. The van der Waals surface area contributed by atoms with Crippen molar-refractivity contribution in [2.24, 2.45) is 5.73 Å². The molecule has 0 fully saturated rings. The lowest BCUT2D eigenvalue weighted by Gasteiger charge is -2.09. The lowest BCUT2D eigenvalue weighted by Crippen LogP contribution is -2.01. The molecule has 20 heavy (non-hydrogen) atoms. The second-order valence-corrected chi connectivity index (χ2v) is 5.65. The van der Waals surface area contributed by atoms with Gasteiger partial charge in [0, 0.05) is 21.9 Å². The summed E-state index contributed by atoms with van der Waals surface area (Å²) in [5, 5.41) is 2.39. The number of halogens is 1. The Morgan fingerprint density at radius 2 is 1.70 bits per heavy atom. The van der Waals surface area contributed by atoms with Gasteiger partial charge in [0.05, 0.1) is 0 Å². The van der Waals surface area contributed by atoms with Gasteiger partial charge in [0.25, 0.3) is 0 Å². The molecule has 0 unspecified atom stereocenters. The molecule has 0 radical (unpaired) electrons. The van der Waals surface area contributed by atoms with Crippen molar-refractivity contribution in [2.75, 3.05) is 0 Å². The number of hydrogen-bond acceptors (Lipinski definition) is 2. The van der Waals surface area contributed by atoms with Gasteiger partial charge in [-0.05, 0) is 35.0 Å². The first-order valence-electron chi connectivity index (χ1n) is 6.42. The van der Waals surface area contributed by atoms with Crippen molar-refractivity contribution in [1.82, 2.24) is 0 Å². The van der Waals surface area contributed by atoms with Crippen LogP contribution in [0.3, 0.4) is 0 Å². The molecule has 3 heteroatoms. The molecule has 3 aromatic rings. The first-order chi connectivity index (χ1) is 9.78. The minimum atomic E-state index is -0.238. The number of nitrogens with two attached hydrogens (primary N) is 1. The van der Waals surface area contributed by atoms with Crippen molar-refractivity contribution in [3.63, 3.8) is 0 Å². The molecule has 0 aliphatic heterocycles. The predicted octanol–water partition coefficient (Wildman–Crippen LogP) is 4.59. The standard InChI is InChI=1S/C17H14FNS/c18-16-6-3-7-17(15(16)11-19)20-14-9-8-12-4-1-2-5-13(12)10-14/h1-10H,11,19H2. The van der Waals surface area contributed by atoms with E-state index in [1.807, 2.05) is 18.2 Å². The van der Waals surface area contributed by atoms with Crippen LogP contribution in [0.15, 0.2) is 70.5 Å². The van der Waals surface area contributed by atoms with Gasteiger partial charge in [-0.15, -0.1) is 0 Å². The second-order valence-electron chi connectivity index (χ2n) is 4.53. The molecular weight excluding hydrogens is 269 g/mol. The molecular formula is C17H14FNS. The molecule has 0 aromatic heterocycles. The molecule has 3 rings (SSSR count). The van der Waals surface area contributed by atoms with Gasteiger partial charge in [0.1, 0.15) is 5.82 Å². The quantitative estimate of drug-likeness (QED) is 0.761. The summed E-state index contributed by atoms with van der Waals surface area (Å²) in [6.45, 7) is 0.211. The van der Waals surface area contributed by atoms with E-state index < -0.39 is 0 Å². The highest BCUT2D eigenvalue weighted by molar-refractivity contribution is 7.99. The average Bonchev–Trinajstić information content (AvgIpc) is 2.47. The summed E-state index contributed by atoms with van der Waals surface area (Å²) in [4.78, 5) is 1.96. The molecule has 0 amide bonds. The van der Waals surface area contributed by atoms with Crippen molar-refractivity contribution in [1.29, 1.82) is 0 Å². The molecule has 0 heterocycles. The normalized spacial score (nSPS) is 10.9. The van der Waals surface area contributed by atoms with E-state index in [0.29, 0.717) is 5.56 Å². The molecule has 100 valence electrons. The third-order valence-electron chi connectivity index (χ3n) is 3.23. The molecule has 0 aliphatic carbocycles. The minimum Gasteiger partial charge on any atom is -0.326 e. The third kappa shape index (κ3) is 2.55. The van der Waals surface area contributed by atoms with E-state index in [4.69, 9.17) is 5.73 Å². The van der Waals surface area contributed by atoms with Crippen LogP contribution in [-0.2, 0) is 6.54 Å². The lowest BCUT2D eigenvalue weighted by atomic mass is 10.1. The van der Waals surface area contributed by atoms with Crippen molar-refractivity contribution in [3.05, 3.63) is 72.0 Å². The topological polar surface area (TPSA) is 26.0 Å². The van der Waals surface area contributed by atoms with Crippen LogP contribution in [0.1, 0.15) is 5.56 Å². The fourth-order valence-corrected chi connectivity index (χ4v) is 3.22. The van der Waals surface area contributed by atoms with Crippen LogP contribution in [0.5, 0.6) is 0 Å². The zero-order chi connectivity index (χ0) is 13.9. The van der Waals surface area contributed by atoms with E-state index in [1.54, 1.807) is 17.8 Å². The molecule has 3 aromatic carbocycles. The van der Waals surface area contributed by atoms with Gasteiger partial charge >= 0.3 is 0 Å². The smallest absolute Gasteiger partial charge is 0.128 e. The number of benzene rings is 3. The Morgan fingerprint density at radius 1 is 0.900 bits per heavy atom. The fraction of sp³-hybridized carbons (Fsp3) is 0.0588. The highest BCUT2D eigenvalue weighted by Gasteiger charge is 2.08. The maximum atomic E-state index is 13.7. The molecule has 0 bridgehead atoms. The molecule has 0 saturated heterocycles. The average molecular weight is 283 g/mol. The van der Waals surface area contributed by atoms with Gasteiger partial charge in [-0.3, -0.25) is 0 Å². The molecule has 0 atom stereocenters. The SMILES string of the molecule is NCc1c(F)cccc1Sc1ccc2ccccc2c1. The summed E-state index contributed by atoms with van der Waals surface area (Å²) < 4.78 is 13.7.